The standard InChI is InChI=1S/C26H26N2/c1-16-10-12-21-20-9-5-8-19-7-4-6-18-11-13-24-25(14-18)28(17(2)27(24)3)26(16)23(21)15-22(19)20/h5,8-14,17H,4,6-7,15H2,1-3H3/t17-/m0/s1. The Morgan fingerprint density at radius 3 is 2.64 bits per heavy atom. The van der Waals surface area contributed by atoms with Crippen molar-refractivity contribution in [1.82, 2.24) is 0 Å². The van der Waals surface area contributed by atoms with Crippen LogP contribution in [0.1, 0.15) is 41.2 Å². The van der Waals surface area contributed by atoms with Crippen LogP contribution in [0.25, 0.3) is 11.1 Å². The number of hydrogen-bond acceptors (Lipinski definition) is 2. The predicted octanol–water partition coefficient (Wildman–Crippen LogP) is 5.99. The van der Waals surface area contributed by atoms with Crippen LogP contribution in [0.4, 0.5) is 17.1 Å². The molecule has 0 N–H and O–H groups in total. The molecule has 1 aliphatic carbocycles. The van der Waals surface area contributed by atoms with E-state index in [9.17, 15) is 0 Å². The van der Waals surface area contributed by atoms with Crippen molar-refractivity contribution in [3.63, 3.8) is 0 Å². The molecule has 2 heteroatoms. The third-order valence-corrected chi connectivity index (χ3v) is 7.17. The second-order valence-electron chi connectivity index (χ2n) is 8.67. The molecular formula is C26H26N2. The van der Waals surface area contributed by atoms with E-state index >= 15 is 0 Å². The largest absolute Gasteiger partial charge is 0.353 e. The summed E-state index contributed by atoms with van der Waals surface area (Å²) >= 11 is 0. The van der Waals surface area contributed by atoms with Gasteiger partial charge in [-0.15, -0.1) is 0 Å². The Labute approximate surface area is 167 Å². The van der Waals surface area contributed by atoms with Gasteiger partial charge in [0.25, 0.3) is 0 Å². The molecule has 2 heterocycles. The maximum absolute atomic E-state index is 2.60. The highest BCUT2D eigenvalue weighted by atomic mass is 15.4. The third-order valence-electron chi connectivity index (χ3n) is 7.17. The maximum Gasteiger partial charge on any atom is 0.103 e. The van der Waals surface area contributed by atoms with Gasteiger partial charge in [0.15, 0.2) is 0 Å². The van der Waals surface area contributed by atoms with Crippen LogP contribution < -0.4 is 9.80 Å². The van der Waals surface area contributed by atoms with Crippen molar-refractivity contribution in [1.29, 1.82) is 0 Å². The highest BCUT2D eigenvalue weighted by molar-refractivity contribution is 5.91. The number of fused-ring (bicyclic) bond motifs is 3. The first kappa shape index (κ1) is 16.2. The van der Waals surface area contributed by atoms with Gasteiger partial charge < -0.3 is 9.80 Å². The van der Waals surface area contributed by atoms with Crippen molar-refractivity contribution in [2.75, 3.05) is 16.8 Å². The van der Waals surface area contributed by atoms with Crippen LogP contribution >= 0.6 is 0 Å². The van der Waals surface area contributed by atoms with Crippen LogP contribution in [0.2, 0.25) is 0 Å². The fourth-order valence-electron chi connectivity index (χ4n) is 5.61. The molecule has 0 unspecified atom stereocenters. The van der Waals surface area contributed by atoms with Crippen LogP contribution in [-0.2, 0) is 19.3 Å². The summed E-state index contributed by atoms with van der Waals surface area (Å²) in [6.07, 6.45) is 4.92. The van der Waals surface area contributed by atoms with Crippen LogP contribution in [0.15, 0.2) is 48.5 Å². The number of benzene rings is 3. The molecule has 2 aliphatic heterocycles. The van der Waals surface area contributed by atoms with E-state index in [0.717, 1.165) is 12.8 Å². The second kappa shape index (κ2) is 5.64. The second-order valence-corrected chi connectivity index (χ2v) is 8.67. The summed E-state index contributed by atoms with van der Waals surface area (Å²) in [6, 6.07) is 18.7. The lowest BCUT2D eigenvalue weighted by Gasteiger charge is -2.31. The molecule has 0 saturated carbocycles. The fourth-order valence-corrected chi connectivity index (χ4v) is 5.61. The molecule has 0 radical (unpaired) electrons. The first-order valence-corrected chi connectivity index (χ1v) is 10.5. The van der Waals surface area contributed by atoms with Crippen molar-refractivity contribution in [2.45, 2.75) is 45.7 Å². The minimum absolute atomic E-state index is 0.321. The number of anilines is 3. The number of hydrogen-bond donors (Lipinski definition) is 0. The number of rotatable bonds is 0. The van der Waals surface area contributed by atoms with Crippen molar-refractivity contribution < 1.29 is 0 Å². The van der Waals surface area contributed by atoms with Crippen molar-refractivity contribution in [2.24, 2.45) is 0 Å². The van der Waals surface area contributed by atoms with Crippen LogP contribution in [0.5, 0.6) is 0 Å². The summed E-state index contributed by atoms with van der Waals surface area (Å²) in [6.45, 7) is 4.61. The van der Waals surface area contributed by atoms with E-state index in [1.165, 1.54) is 57.7 Å². The Bertz CT molecular complexity index is 1130. The number of nitrogens with zero attached hydrogens (tertiary/aromatic N) is 2. The lowest BCUT2D eigenvalue weighted by Crippen LogP contribution is -2.36. The van der Waals surface area contributed by atoms with Gasteiger partial charge in [0.1, 0.15) is 6.17 Å². The zero-order valence-electron chi connectivity index (χ0n) is 16.9. The Hall–Kier alpha value is -2.74. The minimum Gasteiger partial charge on any atom is -0.353 e. The molecule has 1 atom stereocenters. The van der Waals surface area contributed by atoms with Crippen molar-refractivity contribution in [3.8, 4) is 11.1 Å². The monoisotopic (exact) mass is 366 g/mol. The molecule has 4 bridgehead atoms. The van der Waals surface area contributed by atoms with Gasteiger partial charge in [0.2, 0.25) is 0 Å². The van der Waals surface area contributed by atoms with E-state index in [4.69, 9.17) is 0 Å². The summed E-state index contributed by atoms with van der Waals surface area (Å²) in [5.74, 6) is 0. The molecule has 3 aromatic rings. The van der Waals surface area contributed by atoms with Crippen LogP contribution in [0.3, 0.4) is 0 Å². The topological polar surface area (TPSA) is 6.48 Å². The highest BCUT2D eigenvalue weighted by Crippen LogP contribution is 2.51. The molecule has 28 heavy (non-hydrogen) atoms. The molecule has 0 saturated heterocycles. The molecule has 140 valence electrons. The van der Waals surface area contributed by atoms with Crippen molar-refractivity contribution in [3.05, 3.63) is 76.3 Å². The predicted molar refractivity (Wildman–Crippen MR) is 118 cm³/mol. The molecule has 2 nitrogen and oxygen atoms in total. The van der Waals surface area contributed by atoms with E-state index < -0.39 is 0 Å². The molecule has 3 aromatic carbocycles. The summed E-state index contributed by atoms with van der Waals surface area (Å²) < 4.78 is 0. The van der Waals surface area contributed by atoms with E-state index in [1.54, 1.807) is 11.1 Å². The average molecular weight is 367 g/mol. The summed E-state index contributed by atoms with van der Waals surface area (Å²) in [5.41, 5.74) is 14.5. The Kier molecular flexibility index (Phi) is 3.27. The first-order chi connectivity index (χ1) is 13.6. The Morgan fingerprint density at radius 2 is 1.75 bits per heavy atom. The first-order valence-electron chi connectivity index (χ1n) is 10.5. The molecule has 0 amide bonds. The smallest absolute Gasteiger partial charge is 0.103 e. The lowest BCUT2D eigenvalue weighted by atomic mass is 9.96. The summed E-state index contributed by atoms with van der Waals surface area (Å²) in [4.78, 5) is 5.02. The van der Waals surface area contributed by atoms with Crippen LogP contribution in [0, 0.1) is 6.92 Å². The Balaban J connectivity index is 1.68. The zero-order valence-corrected chi connectivity index (χ0v) is 16.9. The van der Waals surface area contributed by atoms with Gasteiger partial charge in [-0.2, -0.15) is 0 Å². The van der Waals surface area contributed by atoms with Gasteiger partial charge in [-0.3, -0.25) is 0 Å². The van der Waals surface area contributed by atoms with Crippen LogP contribution in [-0.4, -0.2) is 13.2 Å². The SMILES string of the molecule is Cc1ccc2c3c1N1c4cc(ccc4N(C)[C@@H]1C)CCCc1cccc-2c1C3. The van der Waals surface area contributed by atoms with Gasteiger partial charge in [-0.1, -0.05) is 36.4 Å². The normalized spacial score (nSPS) is 18.9. The molecule has 0 aromatic heterocycles. The molecular weight excluding hydrogens is 340 g/mol. The van der Waals surface area contributed by atoms with Gasteiger partial charge in [-0.05, 0) is 84.2 Å². The Morgan fingerprint density at radius 1 is 0.893 bits per heavy atom. The van der Waals surface area contributed by atoms with E-state index in [2.05, 4.69) is 79.2 Å². The van der Waals surface area contributed by atoms with Gasteiger partial charge >= 0.3 is 0 Å². The van der Waals surface area contributed by atoms with E-state index in [0.29, 0.717) is 6.17 Å². The van der Waals surface area contributed by atoms with E-state index in [1.807, 2.05) is 0 Å². The summed E-state index contributed by atoms with van der Waals surface area (Å²) in [7, 11) is 2.23. The zero-order chi connectivity index (χ0) is 19.0. The quantitative estimate of drug-likeness (QED) is 0.377. The van der Waals surface area contributed by atoms with Gasteiger partial charge in [-0.25, -0.2) is 0 Å². The summed E-state index contributed by atoms with van der Waals surface area (Å²) in [5, 5.41) is 0. The lowest BCUT2D eigenvalue weighted by molar-refractivity contribution is 0.730. The maximum atomic E-state index is 2.60. The fraction of sp³-hybridized carbons (Fsp3) is 0.308. The van der Waals surface area contributed by atoms with Gasteiger partial charge in [0.05, 0.1) is 17.1 Å². The molecule has 0 fully saturated rings. The van der Waals surface area contributed by atoms with Crippen molar-refractivity contribution >= 4 is 17.1 Å². The third kappa shape index (κ3) is 2.03. The molecule has 6 rings (SSSR count). The van der Waals surface area contributed by atoms with E-state index in [-0.39, 0.29) is 0 Å². The highest BCUT2D eigenvalue weighted by Gasteiger charge is 2.36. The number of aryl methyl sites for hydroxylation is 3. The molecule has 3 aliphatic rings. The average Bonchev–Trinajstić information content (AvgIpc) is 3.18. The molecule has 0 spiro atoms. The van der Waals surface area contributed by atoms with Gasteiger partial charge in [0, 0.05) is 13.5 Å². The minimum atomic E-state index is 0.321.